The summed E-state index contributed by atoms with van der Waals surface area (Å²) in [5.74, 6) is 0.0359. The van der Waals surface area contributed by atoms with Crippen LogP contribution in [0.5, 0.6) is 0 Å². The molecule has 0 aliphatic heterocycles. The minimum atomic E-state index is -0.628. The first kappa shape index (κ1) is 21.7. The first-order valence-electron chi connectivity index (χ1n) is 9.66. The molecule has 1 atom stereocenters. The Morgan fingerprint density at radius 1 is 1.20 bits per heavy atom. The topological polar surface area (TPSA) is 98.5 Å². The van der Waals surface area contributed by atoms with E-state index in [-0.39, 0.29) is 24.9 Å². The van der Waals surface area contributed by atoms with Gasteiger partial charge in [-0.25, -0.2) is 9.50 Å². The summed E-state index contributed by atoms with van der Waals surface area (Å²) >= 11 is 6.30. The van der Waals surface area contributed by atoms with Crippen molar-refractivity contribution in [3.8, 4) is 0 Å². The molecule has 3 aromatic rings. The van der Waals surface area contributed by atoms with E-state index in [9.17, 15) is 9.59 Å². The number of hydrogen-bond acceptors (Lipinski definition) is 6. The molecule has 0 spiro atoms. The summed E-state index contributed by atoms with van der Waals surface area (Å²) in [4.78, 5) is 33.6. The van der Waals surface area contributed by atoms with Crippen molar-refractivity contribution in [1.82, 2.24) is 24.9 Å². The summed E-state index contributed by atoms with van der Waals surface area (Å²) in [6, 6.07) is 8.33. The molecule has 1 aromatic carbocycles. The van der Waals surface area contributed by atoms with Crippen LogP contribution in [0.3, 0.4) is 0 Å². The van der Waals surface area contributed by atoms with Crippen molar-refractivity contribution in [2.45, 2.75) is 52.7 Å². The molecule has 30 heavy (non-hydrogen) atoms. The third kappa shape index (κ3) is 5.33. The van der Waals surface area contributed by atoms with Crippen LogP contribution >= 0.6 is 11.6 Å². The lowest BCUT2D eigenvalue weighted by molar-refractivity contribution is -0.148. The van der Waals surface area contributed by atoms with E-state index in [1.54, 1.807) is 42.6 Å². The predicted molar refractivity (Wildman–Crippen MR) is 112 cm³/mol. The van der Waals surface area contributed by atoms with Crippen LogP contribution in [0, 0.1) is 13.8 Å². The lowest BCUT2D eigenvalue weighted by Crippen LogP contribution is -2.32. The third-order valence-corrected chi connectivity index (χ3v) is 4.68. The highest BCUT2D eigenvalue weighted by Gasteiger charge is 2.23. The second-order valence-electron chi connectivity index (χ2n) is 7.34. The third-order valence-electron chi connectivity index (χ3n) is 4.33. The molecule has 1 unspecified atom stereocenters. The van der Waals surface area contributed by atoms with Gasteiger partial charge in [-0.05, 0) is 45.4 Å². The van der Waals surface area contributed by atoms with E-state index in [0.29, 0.717) is 22.2 Å². The van der Waals surface area contributed by atoms with Gasteiger partial charge in [-0.3, -0.25) is 9.59 Å². The summed E-state index contributed by atoms with van der Waals surface area (Å²) in [6.45, 7) is 7.31. The molecule has 1 N–H and O–H groups in total. The van der Waals surface area contributed by atoms with Crippen molar-refractivity contribution in [3.63, 3.8) is 0 Å². The zero-order valence-electron chi connectivity index (χ0n) is 17.3. The summed E-state index contributed by atoms with van der Waals surface area (Å²) < 4.78 is 6.83. The van der Waals surface area contributed by atoms with Gasteiger partial charge in [0.15, 0.2) is 5.82 Å². The predicted octanol–water partition coefficient (Wildman–Crippen LogP) is 3.14. The van der Waals surface area contributed by atoms with Gasteiger partial charge in [0.25, 0.3) is 5.78 Å². The van der Waals surface area contributed by atoms with E-state index in [1.807, 2.05) is 19.9 Å². The van der Waals surface area contributed by atoms with Crippen LogP contribution in [0.15, 0.2) is 30.3 Å². The highest BCUT2D eigenvalue weighted by molar-refractivity contribution is 6.31. The minimum Gasteiger partial charge on any atom is -0.463 e. The van der Waals surface area contributed by atoms with Gasteiger partial charge < -0.3 is 10.1 Å². The molecule has 2 heterocycles. The maximum absolute atomic E-state index is 12.7. The highest BCUT2D eigenvalue weighted by atomic mass is 35.5. The number of fused-ring (bicyclic) bond motifs is 1. The number of esters is 1. The van der Waals surface area contributed by atoms with E-state index in [1.165, 1.54) is 0 Å². The van der Waals surface area contributed by atoms with Crippen LogP contribution in [0.2, 0.25) is 5.02 Å². The zero-order valence-corrected chi connectivity index (χ0v) is 18.1. The van der Waals surface area contributed by atoms with Crippen LogP contribution in [-0.2, 0) is 20.7 Å². The van der Waals surface area contributed by atoms with Gasteiger partial charge in [-0.1, -0.05) is 29.8 Å². The lowest BCUT2D eigenvalue weighted by atomic mass is 10.0. The van der Waals surface area contributed by atoms with Crippen molar-refractivity contribution in [3.05, 3.63) is 58.1 Å². The highest BCUT2D eigenvalue weighted by Crippen LogP contribution is 2.25. The summed E-state index contributed by atoms with van der Waals surface area (Å²) in [7, 11) is 0. The van der Waals surface area contributed by atoms with Gasteiger partial charge in [0.1, 0.15) is 0 Å². The fraction of sp³-hybridized carbons (Fsp3) is 0.381. The number of rotatable bonds is 7. The van der Waals surface area contributed by atoms with Crippen LogP contribution in [0.25, 0.3) is 5.78 Å². The van der Waals surface area contributed by atoms with Gasteiger partial charge in [0.05, 0.1) is 25.0 Å². The quantitative estimate of drug-likeness (QED) is 0.579. The largest absolute Gasteiger partial charge is 0.463 e. The van der Waals surface area contributed by atoms with Gasteiger partial charge in [-0.15, -0.1) is 5.10 Å². The Kier molecular flexibility index (Phi) is 6.66. The molecule has 0 saturated heterocycles. The molecule has 0 bridgehead atoms. The molecule has 3 rings (SSSR count). The number of amides is 1. The van der Waals surface area contributed by atoms with E-state index < -0.39 is 12.0 Å². The smallest absolute Gasteiger partial charge is 0.308 e. The maximum atomic E-state index is 12.7. The monoisotopic (exact) mass is 429 g/mol. The summed E-state index contributed by atoms with van der Waals surface area (Å²) in [5.41, 5.74) is 2.34. The molecular weight excluding hydrogens is 406 g/mol. The zero-order chi connectivity index (χ0) is 21.8. The van der Waals surface area contributed by atoms with Crippen molar-refractivity contribution >= 4 is 29.3 Å². The van der Waals surface area contributed by atoms with Crippen LogP contribution in [0.4, 0.5) is 0 Å². The Balaban J connectivity index is 1.78. The molecule has 0 radical (unpaired) electrons. The van der Waals surface area contributed by atoms with E-state index >= 15 is 0 Å². The molecule has 158 valence electrons. The van der Waals surface area contributed by atoms with Crippen LogP contribution in [0.1, 0.15) is 49.1 Å². The maximum Gasteiger partial charge on any atom is 0.308 e. The molecule has 0 aliphatic rings. The van der Waals surface area contributed by atoms with Crippen molar-refractivity contribution in [2.75, 3.05) is 0 Å². The van der Waals surface area contributed by atoms with Crippen molar-refractivity contribution in [1.29, 1.82) is 0 Å². The molecule has 2 aromatic heterocycles. The van der Waals surface area contributed by atoms with E-state index in [4.69, 9.17) is 16.3 Å². The number of carbonyl (C=O) groups excluding carboxylic acids is 2. The standard InChI is InChI=1S/C21H24ClN5O3/c1-12(2)30-20(29)10-17(15-7-5-6-8-16(15)22)24-19(28)11-18-25-21-23-13(3)9-14(4)27(21)26-18/h5-9,12,17H,10-11H2,1-4H3,(H,24,28). The fourth-order valence-corrected chi connectivity index (χ4v) is 3.41. The van der Waals surface area contributed by atoms with E-state index in [2.05, 4.69) is 20.4 Å². The number of nitrogens with one attached hydrogen (secondary N) is 1. The number of nitrogens with zero attached hydrogens (tertiary/aromatic N) is 4. The SMILES string of the molecule is Cc1cc(C)n2nc(CC(=O)NC(CC(=O)OC(C)C)c3ccccc3Cl)nc2n1. The number of aromatic nitrogens is 4. The number of aryl methyl sites for hydroxylation is 2. The Morgan fingerprint density at radius 3 is 2.63 bits per heavy atom. The first-order valence-corrected chi connectivity index (χ1v) is 10.0. The van der Waals surface area contributed by atoms with Crippen LogP contribution in [-0.4, -0.2) is 37.6 Å². The molecule has 0 saturated carbocycles. The molecule has 8 nitrogen and oxygen atoms in total. The average Bonchev–Trinajstić information content (AvgIpc) is 3.03. The van der Waals surface area contributed by atoms with Crippen molar-refractivity contribution < 1.29 is 14.3 Å². The Labute approximate surface area is 179 Å². The number of hydrogen-bond donors (Lipinski definition) is 1. The molecule has 0 aliphatic carbocycles. The lowest BCUT2D eigenvalue weighted by Gasteiger charge is -2.20. The normalized spacial score (nSPS) is 12.2. The van der Waals surface area contributed by atoms with Crippen molar-refractivity contribution in [2.24, 2.45) is 0 Å². The minimum absolute atomic E-state index is 0.0356. The average molecular weight is 430 g/mol. The fourth-order valence-electron chi connectivity index (χ4n) is 3.15. The van der Waals surface area contributed by atoms with Crippen LogP contribution < -0.4 is 5.32 Å². The second-order valence-corrected chi connectivity index (χ2v) is 7.75. The molecule has 9 heteroatoms. The number of carbonyl (C=O) groups is 2. The molecule has 0 fully saturated rings. The Hall–Kier alpha value is -3.00. The molecular formula is C21H24ClN5O3. The van der Waals surface area contributed by atoms with E-state index in [0.717, 1.165) is 11.4 Å². The summed E-state index contributed by atoms with van der Waals surface area (Å²) in [6.07, 6.45) is -0.338. The molecule has 1 amide bonds. The Morgan fingerprint density at radius 2 is 1.93 bits per heavy atom. The summed E-state index contributed by atoms with van der Waals surface area (Å²) in [5, 5.41) is 7.68. The Bertz CT molecular complexity index is 1080. The second kappa shape index (κ2) is 9.21. The number of halogens is 1. The first-order chi connectivity index (χ1) is 14.2. The van der Waals surface area contributed by atoms with Gasteiger partial charge in [-0.2, -0.15) is 4.98 Å². The van der Waals surface area contributed by atoms with Gasteiger partial charge >= 0.3 is 5.97 Å². The number of benzene rings is 1. The van der Waals surface area contributed by atoms with Gasteiger partial charge in [0, 0.05) is 16.4 Å². The number of ether oxygens (including phenoxy) is 1. The van der Waals surface area contributed by atoms with Gasteiger partial charge in [0.2, 0.25) is 5.91 Å².